The van der Waals surface area contributed by atoms with Gasteiger partial charge in [-0.3, -0.25) is 5.43 Å². The first-order valence-corrected chi connectivity index (χ1v) is 6.72. The van der Waals surface area contributed by atoms with E-state index >= 15 is 0 Å². The zero-order chi connectivity index (χ0) is 14.8. The van der Waals surface area contributed by atoms with Gasteiger partial charge in [0.2, 0.25) is 5.95 Å². The molecule has 2 aromatic rings. The van der Waals surface area contributed by atoms with Gasteiger partial charge in [-0.05, 0) is 39.8 Å². The summed E-state index contributed by atoms with van der Waals surface area (Å²) in [7, 11) is 0. The molecule has 106 valence electrons. The Bertz CT molecular complexity index is 605. The van der Waals surface area contributed by atoms with E-state index in [-0.39, 0.29) is 11.0 Å². The quantitative estimate of drug-likeness (QED) is 0.494. The number of halogens is 4. The molecule has 0 bridgehead atoms. The third-order valence-corrected chi connectivity index (χ3v) is 3.37. The van der Waals surface area contributed by atoms with Gasteiger partial charge in [-0.25, -0.2) is 20.8 Å². The Balaban J connectivity index is 2.33. The van der Waals surface area contributed by atoms with Crippen LogP contribution in [0.5, 0.6) is 0 Å². The fourth-order valence-electron chi connectivity index (χ4n) is 1.22. The van der Waals surface area contributed by atoms with Gasteiger partial charge in [0.1, 0.15) is 10.1 Å². The van der Waals surface area contributed by atoms with Crippen LogP contribution in [-0.2, 0) is 6.18 Å². The third-order valence-electron chi connectivity index (χ3n) is 2.03. The standard InChI is InChI=1S/C10H7BrF3N5S/c11-5-1-2-7(16-4-5)20-8-3-6(10(12,13)14)17-9(18-8)19-15/h1-4H,15H2,(H,17,18,19). The molecule has 0 aliphatic heterocycles. The molecule has 0 aliphatic carbocycles. The molecule has 0 amide bonds. The van der Waals surface area contributed by atoms with E-state index in [1.807, 2.05) is 5.43 Å². The van der Waals surface area contributed by atoms with Crippen LogP contribution in [0.4, 0.5) is 19.1 Å². The van der Waals surface area contributed by atoms with Crippen LogP contribution in [0, 0.1) is 0 Å². The highest BCUT2D eigenvalue weighted by atomic mass is 79.9. The summed E-state index contributed by atoms with van der Waals surface area (Å²) in [5.74, 6) is 4.76. The maximum absolute atomic E-state index is 12.7. The van der Waals surface area contributed by atoms with Crippen LogP contribution in [0.15, 0.2) is 38.9 Å². The zero-order valence-corrected chi connectivity index (χ0v) is 12.1. The number of hydrazine groups is 1. The predicted molar refractivity (Wildman–Crippen MR) is 70.9 cm³/mol. The molecule has 5 nitrogen and oxygen atoms in total. The first kappa shape index (κ1) is 15.0. The van der Waals surface area contributed by atoms with Gasteiger partial charge in [-0.2, -0.15) is 13.2 Å². The van der Waals surface area contributed by atoms with Crippen molar-refractivity contribution in [3.63, 3.8) is 0 Å². The van der Waals surface area contributed by atoms with Crippen LogP contribution in [-0.4, -0.2) is 15.0 Å². The van der Waals surface area contributed by atoms with Crippen LogP contribution in [0.25, 0.3) is 0 Å². The van der Waals surface area contributed by atoms with Crippen molar-refractivity contribution >= 4 is 33.6 Å². The molecule has 0 atom stereocenters. The second-order valence-corrected chi connectivity index (χ2v) is 5.43. The van der Waals surface area contributed by atoms with Crippen molar-refractivity contribution < 1.29 is 13.2 Å². The Kier molecular flexibility index (Phi) is 4.45. The van der Waals surface area contributed by atoms with Gasteiger partial charge in [0, 0.05) is 16.7 Å². The zero-order valence-electron chi connectivity index (χ0n) is 9.65. The van der Waals surface area contributed by atoms with Gasteiger partial charge < -0.3 is 0 Å². The number of hydrogen-bond acceptors (Lipinski definition) is 6. The first-order chi connectivity index (χ1) is 9.38. The van der Waals surface area contributed by atoms with E-state index < -0.39 is 11.9 Å². The molecule has 0 aromatic carbocycles. The lowest BCUT2D eigenvalue weighted by Gasteiger charge is -2.09. The third kappa shape index (κ3) is 3.81. The van der Waals surface area contributed by atoms with E-state index in [0.29, 0.717) is 5.03 Å². The smallest absolute Gasteiger partial charge is 0.292 e. The fourth-order valence-corrected chi connectivity index (χ4v) is 2.21. The molecule has 2 rings (SSSR count). The van der Waals surface area contributed by atoms with Gasteiger partial charge in [-0.1, -0.05) is 0 Å². The van der Waals surface area contributed by atoms with Crippen LogP contribution in [0.2, 0.25) is 0 Å². The second kappa shape index (κ2) is 5.94. The molecule has 0 unspecified atom stereocenters. The second-order valence-electron chi connectivity index (χ2n) is 3.47. The molecule has 0 spiro atoms. The number of anilines is 1. The number of alkyl halides is 3. The van der Waals surface area contributed by atoms with Crippen LogP contribution < -0.4 is 11.3 Å². The van der Waals surface area contributed by atoms with Crippen molar-refractivity contribution in [2.75, 3.05) is 5.43 Å². The van der Waals surface area contributed by atoms with Crippen molar-refractivity contribution in [3.8, 4) is 0 Å². The minimum absolute atomic E-state index is 0.0927. The number of nitrogens with one attached hydrogen (secondary N) is 1. The van der Waals surface area contributed by atoms with Gasteiger partial charge in [0.15, 0.2) is 5.69 Å². The average Bonchev–Trinajstić information content (AvgIpc) is 2.40. The molecular formula is C10H7BrF3N5S. The Morgan fingerprint density at radius 2 is 1.95 bits per heavy atom. The highest BCUT2D eigenvalue weighted by Gasteiger charge is 2.33. The minimum atomic E-state index is -4.57. The Morgan fingerprint density at radius 3 is 2.50 bits per heavy atom. The van der Waals surface area contributed by atoms with Gasteiger partial charge in [-0.15, -0.1) is 0 Å². The number of hydrogen-bond donors (Lipinski definition) is 2. The lowest BCUT2D eigenvalue weighted by Crippen LogP contribution is -2.15. The van der Waals surface area contributed by atoms with Gasteiger partial charge in [0.25, 0.3) is 0 Å². The van der Waals surface area contributed by atoms with E-state index in [0.717, 1.165) is 22.3 Å². The molecule has 10 heteroatoms. The summed E-state index contributed by atoms with van der Waals surface area (Å²) in [6.07, 6.45) is -3.03. The average molecular weight is 366 g/mol. The number of nitrogens with zero attached hydrogens (tertiary/aromatic N) is 3. The molecular weight excluding hydrogens is 359 g/mol. The van der Waals surface area contributed by atoms with Gasteiger partial charge >= 0.3 is 6.18 Å². The van der Waals surface area contributed by atoms with E-state index in [4.69, 9.17) is 5.84 Å². The summed E-state index contributed by atoms with van der Waals surface area (Å²) >= 11 is 4.20. The maximum Gasteiger partial charge on any atom is 0.433 e. The van der Waals surface area contributed by atoms with Crippen molar-refractivity contribution in [3.05, 3.63) is 34.6 Å². The SMILES string of the molecule is NNc1nc(Sc2ccc(Br)cn2)cc(C(F)(F)F)n1. The molecule has 0 radical (unpaired) electrons. The summed E-state index contributed by atoms with van der Waals surface area (Å²) in [5, 5.41) is 0.595. The van der Waals surface area contributed by atoms with E-state index in [1.54, 1.807) is 12.1 Å². The first-order valence-electron chi connectivity index (χ1n) is 5.11. The summed E-state index contributed by atoms with van der Waals surface area (Å²) in [6, 6.07) is 4.22. The fraction of sp³-hybridized carbons (Fsp3) is 0.100. The number of aromatic nitrogens is 3. The minimum Gasteiger partial charge on any atom is -0.292 e. The molecule has 0 aliphatic rings. The summed E-state index contributed by atoms with van der Waals surface area (Å²) in [5.41, 5.74) is 0.942. The monoisotopic (exact) mass is 365 g/mol. The summed E-state index contributed by atoms with van der Waals surface area (Å²) in [4.78, 5) is 11.2. The molecule has 0 fully saturated rings. The van der Waals surface area contributed by atoms with Crippen molar-refractivity contribution in [1.29, 1.82) is 0 Å². The van der Waals surface area contributed by atoms with Crippen LogP contribution in [0.1, 0.15) is 5.69 Å². The summed E-state index contributed by atoms with van der Waals surface area (Å²) < 4.78 is 38.8. The topological polar surface area (TPSA) is 76.7 Å². The lowest BCUT2D eigenvalue weighted by molar-refractivity contribution is -0.141. The molecule has 3 N–H and O–H groups in total. The Morgan fingerprint density at radius 1 is 1.20 bits per heavy atom. The number of rotatable bonds is 3. The lowest BCUT2D eigenvalue weighted by atomic mass is 10.4. The number of pyridine rings is 1. The molecule has 0 saturated heterocycles. The maximum atomic E-state index is 12.7. The Hall–Kier alpha value is -1.39. The van der Waals surface area contributed by atoms with E-state index in [1.165, 1.54) is 6.20 Å². The highest BCUT2D eigenvalue weighted by Crippen LogP contribution is 2.32. The number of nitrogens with two attached hydrogens (primary N) is 1. The van der Waals surface area contributed by atoms with Gasteiger partial charge in [0.05, 0.1) is 0 Å². The van der Waals surface area contributed by atoms with Crippen molar-refractivity contribution in [2.24, 2.45) is 5.84 Å². The molecule has 2 heterocycles. The Labute approximate surface area is 124 Å². The van der Waals surface area contributed by atoms with Crippen molar-refractivity contribution in [2.45, 2.75) is 16.2 Å². The van der Waals surface area contributed by atoms with Crippen LogP contribution in [0.3, 0.4) is 0 Å². The van der Waals surface area contributed by atoms with E-state index in [9.17, 15) is 13.2 Å². The number of nitrogen functional groups attached to an aromatic ring is 1. The molecule has 20 heavy (non-hydrogen) atoms. The van der Waals surface area contributed by atoms with E-state index in [2.05, 4.69) is 30.9 Å². The normalized spacial score (nSPS) is 11.4. The largest absolute Gasteiger partial charge is 0.433 e. The molecule has 0 saturated carbocycles. The predicted octanol–water partition coefficient (Wildman–Crippen LogP) is 3.09. The summed E-state index contributed by atoms with van der Waals surface area (Å²) in [6.45, 7) is 0. The highest BCUT2D eigenvalue weighted by molar-refractivity contribution is 9.10. The van der Waals surface area contributed by atoms with Crippen molar-refractivity contribution in [1.82, 2.24) is 15.0 Å². The van der Waals surface area contributed by atoms with Crippen LogP contribution >= 0.6 is 27.7 Å². The molecule has 2 aromatic heterocycles.